The number of ether oxygens (including phenoxy) is 10. The van der Waals surface area contributed by atoms with Gasteiger partial charge in [0.05, 0.1) is 38.6 Å². The van der Waals surface area contributed by atoms with Gasteiger partial charge in [-0.2, -0.15) is 0 Å². The molecule has 35 heteroatoms. The summed E-state index contributed by atoms with van der Waals surface area (Å²) < 4.78 is 58.7. The van der Waals surface area contributed by atoms with E-state index in [0.29, 0.717) is 0 Å². The lowest BCUT2D eigenvalue weighted by molar-refractivity contribution is -0.434. The van der Waals surface area contributed by atoms with Crippen molar-refractivity contribution in [1.82, 2.24) is 21.3 Å². The molecule has 30 atom stereocenters. The number of carbonyl (C=O) groups is 4. The number of amides is 4. The first-order valence-electron chi connectivity index (χ1n) is 25.2. The fourth-order valence-corrected chi connectivity index (χ4v) is 9.96. The predicted molar refractivity (Wildman–Crippen MR) is 247 cm³/mol. The molecule has 6 rings (SSSR count). The van der Waals surface area contributed by atoms with Crippen LogP contribution in [0.3, 0.4) is 0 Å². The largest absolute Gasteiger partial charge is 0.394 e. The maximum atomic E-state index is 12.8. The zero-order chi connectivity index (χ0) is 58.5. The molecule has 4 amide bonds. The van der Waals surface area contributed by atoms with E-state index in [1.165, 1.54) is 6.92 Å². The third kappa shape index (κ3) is 15.0. The van der Waals surface area contributed by atoms with Crippen LogP contribution in [0, 0.1) is 0 Å². The standard InChI is InChI=1S/C44H75N5O30/c1-11-26(58)33(65)34(66)44(69-11)79-68-10-20-38(29(61)22(39(67)70-20)46-12(2)54)78-43-25(49-15(5)57)32(64)37(19(9-53)74-43)77-42-24(48-14(4)56)31(63)36(18(8-52)73-42)76-41-23(47-13(3)55)30(62)35(17(7-51)72-41)75-40-21(45)28(60)27(59)16(6-50)71-40/h11,16-44,50-53,58-67H,6-10,45H2,1-5H3,(H,46,54)(H,47,55)(H,48,56)(H,49,57). The molecule has 0 aliphatic carbocycles. The van der Waals surface area contributed by atoms with Crippen LogP contribution in [-0.2, 0) is 76.3 Å². The Morgan fingerprint density at radius 3 is 1.15 bits per heavy atom. The Bertz CT molecular complexity index is 1990. The average Bonchev–Trinajstić information content (AvgIpc) is 3.40. The summed E-state index contributed by atoms with van der Waals surface area (Å²) >= 11 is 0. The van der Waals surface area contributed by atoms with Gasteiger partial charge in [-0.1, -0.05) is 0 Å². The molecular weight excluding hydrogens is 1080 g/mol. The van der Waals surface area contributed by atoms with E-state index in [0.717, 1.165) is 27.7 Å². The first kappa shape index (κ1) is 65.0. The second-order valence-electron chi connectivity index (χ2n) is 19.9. The summed E-state index contributed by atoms with van der Waals surface area (Å²) in [5.41, 5.74) is 6.03. The lowest BCUT2D eigenvalue weighted by atomic mass is 9.93. The molecule has 6 aliphatic heterocycles. The highest BCUT2D eigenvalue weighted by Gasteiger charge is 2.58. The Morgan fingerprint density at radius 2 is 0.759 bits per heavy atom. The van der Waals surface area contributed by atoms with E-state index in [9.17, 15) is 90.7 Å². The molecule has 6 saturated heterocycles. The van der Waals surface area contributed by atoms with Crippen molar-refractivity contribution in [2.45, 2.75) is 219 Å². The predicted octanol–water partition coefficient (Wildman–Crippen LogP) is -12.6. The molecule has 0 spiro atoms. The topological polar surface area (TPSA) is 536 Å². The van der Waals surface area contributed by atoms with E-state index >= 15 is 0 Å². The SMILES string of the molecule is CC(=O)NC1C(O)OC(COOC2OC(C)C(O)C(O)C2O)C(OC2OC(CO)C(OC3OC(CO)C(OC4OC(CO)C(OC5OC(CO)C(O)C(O)C5N)C(O)C4NC(C)=O)C(O)C3NC(C)=O)C(O)C2NC(C)=O)C1O. The van der Waals surface area contributed by atoms with Crippen molar-refractivity contribution in [3.63, 3.8) is 0 Å². The Kier molecular flexibility index (Phi) is 23.3. The average molecular weight is 1150 g/mol. The van der Waals surface area contributed by atoms with Crippen LogP contribution < -0.4 is 27.0 Å². The molecule has 6 fully saturated rings. The van der Waals surface area contributed by atoms with Gasteiger partial charge in [0, 0.05) is 27.7 Å². The maximum Gasteiger partial charge on any atom is 0.220 e. The number of hydrogen-bond acceptors (Lipinski definition) is 31. The van der Waals surface area contributed by atoms with Gasteiger partial charge >= 0.3 is 0 Å². The molecule has 0 bridgehead atoms. The Hall–Kier alpha value is -3.20. The zero-order valence-electron chi connectivity index (χ0n) is 43.2. The van der Waals surface area contributed by atoms with Crippen molar-refractivity contribution in [3.8, 4) is 0 Å². The van der Waals surface area contributed by atoms with Crippen LogP contribution in [0.5, 0.6) is 0 Å². The van der Waals surface area contributed by atoms with Gasteiger partial charge < -0.3 is 146 Å². The second-order valence-corrected chi connectivity index (χ2v) is 19.9. The lowest BCUT2D eigenvalue weighted by Gasteiger charge is -2.51. The quantitative estimate of drug-likeness (QED) is 0.0398. The van der Waals surface area contributed by atoms with E-state index in [1.807, 2.05) is 0 Å². The van der Waals surface area contributed by atoms with Gasteiger partial charge in [-0.15, -0.1) is 0 Å². The van der Waals surface area contributed by atoms with Gasteiger partial charge in [0.25, 0.3) is 0 Å². The summed E-state index contributed by atoms with van der Waals surface area (Å²) in [5, 5.41) is 161. The molecule has 0 saturated carbocycles. The molecule has 6 heterocycles. The first-order valence-corrected chi connectivity index (χ1v) is 25.2. The van der Waals surface area contributed by atoms with Crippen LogP contribution >= 0.6 is 0 Å². The number of carbonyl (C=O) groups excluding carboxylic acids is 4. The van der Waals surface area contributed by atoms with Crippen LogP contribution in [0.25, 0.3) is 0 Å². The van der Waals surface area contributed by atoms with Crippen molar-refractivity contribution in [1.29, 1.82) is 0 Å². The molecule has 0 aromatic heterocycles. The summed E-state index contributed by atoms with van der Waals surface area (Å²) in [5.74, 6) is -3.19. The van der Waals surface area contributed by atoms with Gasteiger partial charge in [0.15, 0.2) is 31.5 Å². The fraction of sp³-hybridized carbons (Fsp3) is 0.909. The molecule has 35 nitrogen and oxygen atoms in total. The van der Waals surface area contributed by atoms with E-state index in [4.69, 9.17) is 62.9 Å². The van der Waals surface area contributed by atoms with Gasteiger partial charge in [0.1, 0.15) is 141 Å². The number of aliphatic hydroxyl groups excluding tert-OH is 14. The fourth-order valence-electron chi connectivity index (χ4n) is 9.96. The molecular formula is C44H75N5O30. The summed E-state index contributed by atoms with van der Waals surface area (Å²) in [4.78, 5) is 60.5. The van der Waals surface area contributed by atoms with Gasteiger partial charge in [0.2, 0.25) is 29.9 Å². The van der Waals surface area contributed by atoms with E-state index in [-0.39, 0.29) is 0 Å². The summed E-state index contributed by atoms with van der Waals surface area (Å²) in [7, 11) is 0. The monoisotopic (exact) mass is 1150 g/mol. The normalized spacial score (nSPS) is 46.7. The molecule has 30 unspecified atom stereocenters. The third-order valence-corrected chi connectivity index (χ3v) is 14.0. The van der Waals surface area contributed by atoms with Crippen molar-refractivity contribution < 1.29 is 148 Å². The van der Waals surface area contributed by atoms with Crippen LogP contribution in [0.4, 0.5) is 0 Å². The van der Waals surface area contributed by atoms with E-state index < -0.39 is 241 Å². The molecule has 0 radical (unpaired) electrons. The highest BCUT2D eigenvalue weighted by Crippen LogP contribution is 2.36. The summed E-state index contributed by atoms with van der Waals surface area (Å²) in [6, 6.07) is -8.26. The maximum absolute atomic E-state index is 12.8. The first-order chi connectivity index (χ1) is 37.3. The minimum absolute atomic E-state index is 0.748. The zero-order valence-corrected chi connectivity index (χ0v) is 43.2. The van der Waals surface area contributed by atoms with Gasteiger partial charge in [-0.25, -0.2) is 9.78 Å². The highest BCUT2D eigenvalue weighted by molar-refractivity contribution is 5.74. The second kappa shape index (κ2) is 28.4. The molecule has 79 heavy (non-hydrogen) atoms. The number of nitrogens with two attached hydrogens (primary N) is 1. The van der Waals surface area contributed by atoms with Crippen molar-refractivity contribution in [3.05, 3.63) is 0 Å². The number of nitrogens with one attached hydrogen (secondary N) is 4. The van der Waals surface area contributed by atoms with E-state index in [2.05, 4.69) is 21.3 Å². The summed E-state index contributed by atoms with van der Waals surface area (Å²) in [6.45, 7) is 0.944. The molecule has 456 valence electrons. The molecule has 0 aromatic carbocycles. The Labute approximate surface area is 449 Å². The van der Waals surface area contributed by atoms with E-state index in [1.54, 1.807) is 0 Å². The van der Waals surface area contributed by atoms with Crippen molar-refractivity contribution in [2.24, 2.45) is 5.73 Å². The van der Waals surface area contributed by atoms with Gasteiger partial charge in [-0.3, -0.25) is 19.2 Å². The highest BCUT2D eigenvalue weighted by atomic mass is 17.2. The van der Waals surface area contributed by atoms with Crippen LogP contribution in [-0.4, -0.2) is 312 Å². The molecule has 0 aromatic rings. The lowest BCUT2D eigenvalue weighted by Crippen LogP contribution is -2.72. The molecule has 20 N–H and O–H groups in total. The molecule has 6 aliphatic rings. The summed E-state index contributed by atoms with van der Waals surface area (Å²) in [6.07, 6.45) is -43.4. The smallest absolute Gasteiger partial charge is 0.220 e. The van der Waals surface area contributed by atoms with Crippen molar-refractivity contribution in [2.75, 3.05) is 33.0 Å². The van der Waals surface area contributed by atoms with Crippen LogP contribution in [0.15, 0.2) is 0 Å². The van der Waals surface area contributed by atoms with Crippen LogP contribution in [0.1, 0.15) is 34.6 Å². The third-order valence-electron chi connectivity index (χ3n) is 14.0. The minimum atomic E-state index is -2.04. The number of aliphatic hydroxyl groups is 14. The van der Waals surface area contributed by atoms with Crippen molar-refractivity contribution >= 4 is 23.6 Å². The number of rotatable bonds is 20. The van der Waals surface area contributed by atoms with Gasteiger partial charge in [-0.05, 0) is 6.92 Å². The minimum Gasteiger partial charge on any atom is -0.394 e. The number of hydrogen-bond donors (Lipinski definition) is 19. The van der Waals surface area contributed by atoms with Crippen LogP contribution in [0.2, 0.25) is 0 Å². The Balaban J connectivity index is 1.22. The Morgan fingerprint density at radius 1 is 0.405 bits per heavy atom.